The second-order valence-corrected chi connectivity index (χ2v) is 10.5. The first-order chi connectivity index (χ1) is 15.2. The number of amides is 1. The number of rotatable bonds is 8. The highest BCUT2D eigenvalue weighted by Crippen LogP contribution is 2.21. The number of carbonyl (C=O) groups is 1. The van der Waals surface area contributed by atoms with E-state index in [1.807, 2.05) is 0 Å². The summed E-state index contributed by atoms with van der Waals surface area (Å²) in [6.07, 6.45) is 0. The molecule has 3 rings (SSSR count). The molecule has 9 heteroatoms. The summed E-state index contributed by atoms with van der Waals surface area (Å²) < 4.78 is 27.3. The Morgan fingerprint density at radius 2 is 1.81 bits per heavy atom. The largest absolute Gasteiger partial charge is 0.369 e. The van der Waals surface area contributed by atoms with E-state index in [9.17, 15) is 13.2 Å². The lowest BCUT2D eigenvalue weighted by Crippen LogP contribution is -2.48. The lowest BCUT2D eigenvalue weighted by Gasteiger charge is -2.36. The van der Waals surface area contributed by atoms with Crippen LogP contribution in [0.25, 0.3) is 0 Å². The molecule has 2 N–H and O–H groups in total. The van der Waals surface area contributed by atoms with E-state index in [1.54, 1.807) is 13.8 Å². The number of sulfonamides is 1. The Morgan fingerprint density at radius 3 is 2.47 bits per heavy atom. The van der Waals surface area contributed by atoms with Crippen LogP contribution >= 0.6 is 11.6 Å². The number of benzene rings is 2. The lowest BCUT2D eigenvalue weighted by atomic mass is 10.2. The number of hydrogen-bond acceptors (Lipinski definition) is 5. The number of aryl methyl sites for hydroxylation is 1. The zero-order valence-corrected chi connectivity index (χ0v) is 20.3. The number of hydrogen-bond donors (Lipinski definition) is 2. The van der Waals surface area contributed by atoms with E-state index in [1.165, 1.54) is 29.4 Å². The maximum atomic E-state index is 12.6. The number of nitrogens with zero attached hydrogens (tertiary/aromatic N) is 2. The molecule has 2 aromatic rings. The van der Waals surface area contributed by atoms with Gasteiger partial charge in [-0.15, -0.1) is 0 Å². The third-order valence-electron chi connectivity index (χ3n) is 5.34. The van der Waals surface area contributed by atoms with Gasteiger partial charge in [-0.25, -0.2) is 13.1 Å². The molecule has 0 saturated carbocycles. The molecule has 0 atom stereocenters. The minimum atomic E-state index is -3.70. The number of nitrogens with one attached hydrogen (secondary N) is 2. The molecule has 32 heavy (non-hydrogen) atoms. The van der Waals surface area contributed by atoms with Crippen molar-refractivity contribution in [2.24, 2.45) is 0 Å². The van der Waals surface area contributed by atoms with E-state index in [4.69, 9.17) is 11.6 Å². The molecule has 0 unspecified atom stereocenters. The van der Waals surface area contributed by atoms with Crippen LogP contribution in [-0.4, -0.2) is 64.5 Å². The van der Waals surface area contributed by atoms with Crippen LogP contribution in [0.4, 0.5) is 5.69 Å². The second kappa shape index (κ2) is 10.7. The molecule has 1 saturated heterocycles. The molecule has 1 aliphatic heterocycles. The van der Waals surface area contributed by atoms with Crippen molar-refractivity contribution < 1.29 is 13.2 Å². The third kappa shape index (κ3) is 6.45. The fourth-order valence-corrected chi connectivity index (χ4v) is 5.18. The molecular formula is C23H31ClN4O3S. The molecule has 1 amide bonds. The summed E-state index contributed by atoms with van der Waals surface area (Å²) in [5.74, 6) is -0.380. The Morgan fingerprint density at radius 1 is 1.09 bits per heavy atom. The Kier molecular flexibility index (Phi) is 8.16. The van der Waals surface area contributed by atoms with Gasteiger partial charge >= 0.3 is 0 Å². The molecule has 1 aliphatic rings. The number of carbonyl (C=O) groups excluding carboxylic acids is 1. The standard InChI is InChI=1S/C23H31ClN4O3S/c1-17(2)26-32(30,31)20-7-8-22(24)21(16-20)23(29)25-9-10-27-11-13-28(14-12-27)19-6-4-5-18(3)15-19/h4-8,15-17,26H,9-14H2,1-3H3,(H,25,29). The van der Waals surface area contributed by atoms with E-state index in [-0.39, 0.29) is 27.4 Å². The topological polar surface area (TPSA) is 81.8 Å². The Balaban J connectivity index is 1.52. The monoisotopic (exact) mass is 478 g/mol. The first-order valence-electron chi connectivity index (χ1n) is 10.8. The van der Waals surface area contributed by atoms with Crippen LogP contribution in [-0.2, 0) is 10.0 Å². The van der Waals surface area contributed by atoms with Gasteiger partial charge in [-0.05, 0) is 56.7 Å². The van der Waals surface area contributed by atoms with Crippen molar-refractivity contribution >= 4 is 33.2 Å². The van der Waals surface area contributed by atoms with Crippen LogP contribution in [0.2, 0.25) is 5.02 Å². The molecule has 0 bridgehead atoms. The Labute approximate surface area is 195 Å². The van der Waals surface area contributed by atoms with Crippen LogP contribution in [0, 0.1) is 6.92 Å². The van der Waals surface area contributed by atoms with Gasteiger partial charge in [-0.3, -0.25) is 9.69 Å². The van der Waals surface area contributed by atoms with E-state index in [0.29, 0.717) is 6.54 Å². The fraction of sp³-hybridized carbons (Fsp3) is 0.435. The first kappa shape index (κ1) is 24.5. The van der Waals surface area contributed by atoms with Crippen LogP contribution in [0.15, 0.2) is 47.4 Å². The van der Waals surface area contributed by atoms with Gasteiger partial charge in [0.1, 0.15) is 0 Å². The second-order valence-electron chi connectivity index (χ2n) is 8.34. The zero-order chi connectivity index (χ0) is 23.3. The van der Waals surface area contributed by atoms with E-state index in [0.717, 1.165) is 32.7 Å². The Bertz CT molecular complexity index is 1050. The fourth-order valence-electron chi connectivity index (χ4n) is 3.70. The molecule has 174 valence electrons. The summed E-state index contributed by atoms with van der Waals surface area (Å²) >= 11 is 6.17. The van der Waals surface area contributed by atoms with Gasteiger partial charge in [0.25, 0.3) is 5.91 Å². The van der Waals surface area contributed by atoms with Gasteiger partial charge in [0.05, 0.1) is 15.5 Å². The van der Waals surface area contributed by atoms with Gasteiger partial charge in [0.15, 0.2) is 0 Å². The van der Waals surface area contributed by atoms with Crippen LogP contribution < -0.4 is 14.9 Å². The van der Waals surface area contributed by atoms with Gasteiger partial charge in [-0.2, -0.15) is 0 Å². The average Bonchev–Trinajstić information content (AvgIpc) is 2.73. The van der Waals surface area contributed by atoms with E-state index >= 15 is 0 Å². The minimum Gasteiger partial charge on any atom is -0.369 e. The van der Waals surface area contributed by atoms with Crippen molar-refractivity contribution in [2.75, 3.05) is 44.2 Å². The molecule has 0 aromatic heterocycles. The predicted octanol–water partition coefficient (Wildman–Crippen LogP) is 2.89. The summed E-state index contributed by atoms with van der Waals surface area (Å²) in [5, 5.41) is 3.08. The summed E-state index contributed by atoms with van der Waals surface area (Å²) in [6, 6.07) is 12.4. The van der Waals surface area contributed by atoms with E-state index < -0.39 is 10.0 Å². The van der Waals surface area contributed by atoms with Crippen LogP contribution in [0.1, 0.15) is 29.8 Å². The van der Waals surface area contributed by atoms with Crippen LogP contribution in [0.3, 0.4) is 0 Å². The summed E-state index contributed by atoms with van der Waals surface area (Å²) in [4.78, 5) is 17.3. The summed E-state index contributed by atoms with van der Waals surface area (Å²) in [6.45, 7) is 10.5. The quantitative estimate of drug-likeness (QED) is 0.609. The van der Waals surface area contributed by atoms with Gasteiger partial charge in [-0.1, -0.05) is 23.7 Å². The molecule has 0 radical (unpaired) electrons. The molecule has 2 aromatic carbocycles. The highest BCUT2D eigenvalue weighted by Gasteiger charge is 2.20. The van der Waals surface area contributed by atoms with Gasteiger partial charge in [0, 0.05) is 51.0 Å². The lowest BCUT2D eigenvalue weighted by molar-refractivity contribution is 0.0947. The highest BCUT2D eigenvalue weighted by molar-refractivity contribution is 7.89. The molecule has 0 aliphatic carbocycles. The molecule has 0 spiro atoms. The zero-order valence-electron chi connectivity index (χ0n) is 18.8. The van der Waals surface area contributed by atoms with Crippen molar-refractivity contribution in [1.82, 2.24) is 14.9 Å². The summed E-state index contributed by atoms with van der Waals surface area (Å²) in [7, 11) is -3.70. The normalized spacial score (nSPS) is 15.2. The molecule has 1 heterocycles. The van der Waals surface area contributed by atoms with Crippen molar-refractivity contribution in [2.45, 2.75) is 31.7 Å². The SMILES string of the molecule is Cc1cccc(N2CCN(CCNC(=O)c3cc(S(=O)(=O)NC(C)C)ccc3Cl)CC2)c1. The van der Waals surface area contributed by atoms with Crippen molar-refractivity contribution in [1.29, 1.82) is 0 Å². The number of halogens is 1. The third-order valence-corrected chi connectivity index (χ3v) is 7.32. The maximum Gasteiger partial charge on any atom is 0.252 e. The molecular weight excluding hydrogens is 448 g/mol. The average molecular weight is 479 g/mol. The van der Waals surface area contributed by atoms with Crippen molar-refractivity contribution in [3.8, 4) is 0 Å². The van der Waals surface area contributed by atoms with Gasteiger partial charge < -0.3 is 10.2 Å². The number of anilines is 1. The number of piperazine rings is 1. The smallest absolute Gasteiger partial charge is 0.252 e. The van der Waals surface area contributed by atoms with E-state index in [2.05, 4.69) is 51.0 Å². The van der Waals surface area contributed by atoms with Gasteiger partial charge in [0.2, 0.25) is 10.0 Å². The Hall–Kier alpha value is -2.13. The summed E-state index contributed by atoms with van der Waals surface area (Å²) in [5.41, 5.74) is 2.65. The van der Waals surface area contributed by atoms with Crippen LogP contribution in [0.5, 0.6) is 0 Å². The first-order valence-corrected chi connectivity index (χ1v) is 12.7. The predicted molar refractivity (Wildman–Crippen MR) is 129 cm³/mol. The van der Waals surface area contributed by atoms with Crippen molar-refractivity contribution in [3.63, 3.8) is 0 Å². The molecule has 7 nitrogen and oxygen atoms in total. The molecule has 1 fully saturated rings. The maximum absolute atomic E-state index is 12.6. The minimum absolute atomic E-state index is 0.0213. The van der Waals surface area contributed by atoms with Crippen molar-refractivity contribution in [3.05, 3.63) is 58.6 Å². The highest BCUT2D eigenvalue weighted by atomic mass is 35.5.